The summed E-state index contributed by atoms with van der Waals surface area (Å²) in [4.78, 5) is 0. The lowest BCUT2D eigenvalue weighted by Crippen LogP contribution is -1.80. The first-order chi connectivity index (χ1) is 5.74. The van der Waals surface area contributed by atoms with E-state index in [1.807, 2.05) is 6.92 Å². The minimum Gasteiger partial charge on any atom is -0.309 e. The molecule has 62 valence electrons. The van der Waals surface area contributed by atoms with Gasteiger partial charge in [0.15, 0.2) is 0 Å². The summed E-state index contributed by atoms with van der Waals surface area (Å²) in [6.45, 7) is 1.89. The highest BCUT2D eigenvalue weighted by molar-refractivity contribution is 5.81. The molecule has 12 heavy (non-hydrogen) atoms. The number of allylic oxidation sites excluding steroid dienone is 2. The Morgan fingerprint density at radius 3 is 2.42 bits per heavy atom. The maximum atomic E-state index is 12.5. The van der Waals surface area contributed by atoms with Gasteiger partial charge in [-0.3, -0.25) is 0 Å². The molecule has 0 saturated carbocycles. The van der Waals surface area contributed by atoms with Gasteiger partial charge < -0.3 is 5.41 Å². The lowest BCUT2D eigenvalue weighted by molar-refractivity contribution is 0.627. The Labute approximate surface area is 71.1 Å². The molecule has 1 rings (SSSR count). The van der Waals surface area contributed by atoms with E-state index < -0.39 is 0 Å². The van der Waals surface area contributed by atoms with Crippen molar-refractivity contribution in [2.45, 2.75) is 6.92 Å². The number of benzene rings is 1. The van der Waals surface area contributed by atoms with Gasteiger partial charge in [0.05, 0.1) is 0 Å². The summed E-state index contributed by atoms with van der Waals surface area (Å²) in [6.07, 6.45) is 2.89. The molecule has 0 heterocycles. The van der Waals surface area contributed by atoms with Crippen molar-refractivity contribution >= 4 is 11.8 Å². The Bertz CT molecular complexity index is 298. The summed E-state index contributed by atoms with van der Waals surface area (Å²) in [7, 11) is 0. The molecule has 1 aromatic rings. The van der Waals surface area contributed by atoms with Gasteiger partial charge in [0.1, 0.15) is 5.82 Å². The molecular weight excluding hydrogens is 153 g/mol. The van der Waals surface area contributed by atoms with E-state index in [0.29, 0.717) is 0 Å². The minimum absolute atomic E-state index is 0.235. The van der Waals surface area contributed by atoms with Crippen molar-refractivity contribution in [2.24, 2.45) is 0 Å². The van der Waals surface area contributed by atoms with Gasteiger partial charge in [-0.1, -0.05) is 12.1 Å². The summed E-state index contributed by atoms with van der Waals surface area (Å²) in [5.74, 6) is -0.235. The highest BCUT2D eigenvalue weighted by Crippen LogP contribution is 2.12. The maximum Gasteiger partial charge on any atom is 0.123 e. The van der Waals surface area contributed by atoms with Crippen LogP contribution in [0.1, 0.15) is 12.5 Å². The molecule has 0 fully saturated rings. The summed E-state index contributed by atoms with van der Waals surface area (Å²) in [6, 6.07) is 6.22. The zero-order chi connectivity index (χ0) is 8.97. The molecule has 0 radical (unpaired) electrons. The molecule has 1 nitrogen and oxygen atoms in total. The SMILES string of the molecule is C/C(=C\C=N)c1ccc(F)cc1. The molecule has 0 atom stereocenters. The summed E-state index contributed by atoms with van der Waals surface area (Å²) >= 11 is 0. The van der Waals surface area contributed by atoms with Gasteiger partial charge in [0.25, 0.3) is 0 Å². The lowest BCUT2D eigenvalue weighted by Gasteiger charge is -1.98. The quantitative estimate of drug-likeness (QED) is 0.648. The Morgan fingerprint density at radius 2 is 1.92 bits per heavy atom. The third-order valence-corrected chi connectivity index (χ3v) is 1.63. The van der Waals surface area contributed by atoms with Gasteiger partial charge in [0.2, 0.25) is 0 Å². The second-order valence-electron chi connectivity index (χ2n) is 2.52. The van der Waals surface area contributed by atoms with Crippen molar-refractivity contribution in [3.63, 3.8) is 0 Å². The minimum atomic E-state index is -0.235. The highest BCUT2D eigenvalue weighted by atomic mass is 19.1. The highest BCUT2D eigenvalue weighted by Gasteiger charge is 1.93. The largest absolute Gasteiger partial charge is 0.309 e. The Morgan fingerprint density at radius 1 is 1.33 bits per heavy atom. The zero-order valence-electron chi connectivity index (χ0n) is 6.84. The van der Waals surface area contributed by atoms with Crippen LogP contribution in [0.3, 0.4) is 0 Å². The van der Waals surface area contributed by atoms with Crippen molar-refractivity contribution in [3.05, 3.63) is 41.7 Å². The van der Waals surface area contributed by atoms with Gasteiger partial charge in [0, 0.05) is 6.21 Å². The van der Waals surface area contributed by atoms with Gasteiger partial charge >= 0.3 is 0 Å². The summed E-state index contributed by atoms with van der Waals surface area (Å²) < 4.78 is 12.5. The molecule has 0 aliphatic rings. The first-order valence-electron chi connectivity index (χ1n) is 3.67. The Kier molecular flexibility index (Phi) is 2.75. The predicted octanol–water partition coefficient (Wildman–Crippen LogP) is 2.88. The Hall–Kier alpha value is -1.44. The van der Waals surface area contributed by atoms with Gasteiger partial charge in [-0.25, -0.2) is 4.39 Å². The molecule has 0 aromatic heterocycles. The van der Waals surface area contributed by atoms with Crippen LogP contribution in [-0.4, -0.2) is 6.21 Å². The molecule has 0 aliphatic heterocycles. The summed E-state index contributed by atoms with van der Waals surface area (Å²) in [5, 5.41) is 6.85. The fraction of sp³-hybridized carbons (Fsp3) is 0.100. The van der Waals surface area contributed by atoms with E-state index in [2.05, 4.69) is 0 Å². The standard InChI is InChI=1S/C10H10FN/c1-8(6-7-12)9-2-4-10(11)5-3-9/h2-7,12H,1H3/b8-6+,12-7?. The van der Waals surface area contributed by atoms with Crippen LogP contribution in [0.2, 0.25) is 0 Å². The van der Waals surface area contributed by atoms with Crippen LogP contribution in [0, 0.1) is 11.2 Å². The normalized spacial score (nSPS) is 11.3. The van der Waals surface area contributed by atoms with Crippen molar-refractivity contribution in [3.8, 4) is 0 Å². The monoisotopic (exact) mass is 163 g/mol. The maximum absolute atomic E-state index is 12.5. The topological polar surface area (TPSA) is 23.9 Å². The van der Waals surface area contributed by atoms with E-state index in [4.69, 9.17) is 5.41 Å². The van der Waals surface area contributed by atoms with Crippen LogP contribution < -0.4 is 0 Å². The summed E-state index contributed by atoms with van der Waals surface area (Å²) in [5.41, 5.74) is 1.91. The predicted molar refractivity (Wildman–Crippen MR) is 48.8 cm³/mol. The van der Waals surface area contributed by atoms with Crippen molar-refractivity contribution < 1.29 is 4.39 Å². The van der Waals surface area contributed by atoms with Gasteiger partial charge in [-0.15, -0.1) is 0 Å². The molecular formula is C10H10FN. The van der Waals surface area contributed by atoms with E-state index in [9.17, 15) is 4.39 Å². The molecule has 0 aliphatic carbocycles. The molecule has 1 N–H and O–H groups in total. The van der Waals surface area contributed by atoms with Crippen LogP contribution in [-0.2, 0) is 0 Å². The van der Waals surface area contributed by atoms with E-state index in [0.717, 1.165) is 11.1 Å². The van der Waals surface area contributed by atoms with E-state index >= 15 is 0 Å². The van der Waals surface area contributed by atoms with E-state index in [1.54, 1.807) is 18.2 Å². The van der Waals surface area contributed by atoms with Crippen LogP contribution in [0.4, 0.5) is 4.39 Å². The molecule has 0 amide bonds. The number of rotatable bonds is 2. The van der Waals surface area contributed by atoms with Gasteiger partial charge in [-0.05, 0) is 36.3 Å². The van der Waals surface area contributed by atoms with Crippen LogP contribution in [0.25, 0.3) is 5.57 Å². The first kappa shape index (κ1) is 8.65. The molecule has 0 saturated heterocycles. The lowest BCUT2D eigenvalue weighted by atomic mass is 10.1. The molecule has 1 aromatic carbocycles. The fourth-order valence-electron chi connectivity index (χ4n) is 0.934. The van der Waals surface area contributed by atoms with Crippen LogP contribution in [0.5, 0.6) is 0 Å². The van der Waals surface area contributed by atoms with E-state index in [-0.39, 0.29) is 5.82 Å². The van der Waals surface area contributed by atoms with Crippen LogP contribution in [0.15, 0.2) is 30.3 Å². The number of halogens is 1. The average molecular weight is 163 g/mol. The zero-order valence-corrected chi connectivity index (χ0v) is 6.84. The first-order valence-corrected chi connectivity index (χ1v) is 3.67. The third kappa shape index (κ3) is 2.02. The van der Waals surface area contributed by atoms with Crippen molar-refractivity contribution in [1.29, 1.82) is 5.41 Å². The second kappa shape index (κ2) is 3.81. The van der Waals surface area contributed by atoms with Crippen LogP contribution >= 0.6 is 0 Å². The van der Waals surface area contributed by atoms with Crippen molar-refractivity contribution in [2.75, 3.05) is 0 Å². The van der Waals surface area contributed by atoms with Crippen molar-refractivity contribution in [1.82, 2.24) is 0 Å². The molecule has 0 unspecified atom stereocenters. The fourth-order valence-corrected chi connectivity index (χ4v) is 0.934. The van der Waals surface area contributed by atoms with Gasteiger partial charge in [-0.2, -0.15) is 0 Å². The Balaban J connectivity index is 2.97. The smallest absolute Gasteiger partial charge is 0.123 e. The molecule has 0 spiro atoms. The molecule has 2 heteroatoms. The number of hydrogen-bond acceptors (Lipinski definition) is 1. The number of nitrogens with one attached hydrogen (secondary N) is 1. The van der Waals surface area contributed by atoms with E-state index in [1.165, 1.54) is 18.3 Å². The third-order valence-electron chi connectivity index (χ3n) is 1.63. The second-order valence-corrected chi connectivity index (χ2v) is 2.52. The molecule has 0 bridgehead atoms. The number of hydrogen-bond donors (Lipinski definition) is 1. The average Bonchev–Trinajstić information content (AvgIpc) is 2.06.